The lowest BCUT2D eigenvalue weighted by Crippen LogP contribution is -2.35. The molecule has 0 radical (unpaired) electrons. The van der Waals surface area contributed by atoms with Crippen LogP contribution in [0.15, 0.2) is 24.4 Å². The zero-order chi connectivity index (χ0) is 15.7. The minimum absolute atomic E-state index is 0.0582. The Morgan fingerprint density at radius 3 is 2.73 bits per heavy atom. The molecule has 0 bridgehead atoms. The lowest BCUT2D eigenvalue weighted by Gasteiger charge is -2.32. The largest absolute Gasteiger partial charge is 0.323 e. The quantitative estimate of drug-likeness (QED) is 0.837. The Morgan fingerprint density at radius 1 is 1.27 bits per heavy atom. The van der Waals surface area contributed by atoms with Crippen molar-refractivity contribution >= 4 is 34.1 Å². The first-order valence-corrected chi connectivity index (χ1v) is 8.24. The van der Waals surface area contributed by atoms with Crippen molar-refractivity contribution in [3.8, 4) is 0 Å². The lowest BCUT2D eigenvalue weighted by molar-refractivity contribution is -0.126. The van der Waals surface area contributed by atoms with Gasteiger partial charge in [0.25, 0.3) is 0 Å². The number of hydrogen-bond donors (Lipinski definition) is 1. The van der Waals surface area contributed by atoms with Gasteiger partial charge in [0.05, 0.1) is 22.4 Å². The molecule has 1 aliphatic rings. The fraction of sp³-hybridized carbons (Fsp3) is 0.444. The molecule has 1 amide bonds. The summed E-state index contributed by atoms with van der Waals surface area (Å²) >= 11 is 6.49. The molecule has 1 fully saturated rings. The summed E-state index contributed by atoms with van der Waals surface area (Å²) in [5.41, 5.74) is 2.29. The van der Waals surface area contributed by atoms with Crippen LogP contribution in [0, 0.1) is 12.3 Å². The first kappa shape index (κ1) is 15.3. The number of aryl methyl sites for hydroxylation is 1. The SMILES string of the molecule is Cc1ccc2ncc(NC(=O)C3(C)CCCCC3)c(Cl)c2c1. The second kappa shape index (κ2) is 5.88. The Balaban J connectivity index is 1.90. The molecule has 3 nitrogen and oxygen atoms in total. The molecule has 1 saturated carbocycles. The van der Waals surface area contributed by atoms with Crippen molar-refractivity contribution in [3.63, 3.8) is 0 Å². The van der Waals surface area contributed by atoms with E-state index in [4.69, 9.17) is 11.6 Å². The summed E-state index contributed by atoms with van der Waals surface area (Å²) < 4.78 is 0. The Bertz CT molecular complexity index is 720. The van der Waals surface area contributed by atoms with Gasteiger partial charge in [-0.05, 0) is 31.9 Å². The second-order valence-corrected chi connectivity index (χ2v) is 6.96. The van der Waals surface area contributed by atoms with Crippen LogP contribution in [0.4, 0.5) is 5.69 Å². The van der Waals surface area contributed by atoms with Crippen molar-refractivity contribution < 1.29 is 4.79 Å². The molecule has 3 rings (SSSR count). The van der Waals surface area contributed by atoms with Gasteiger partial charge in [0.1, 0.15) is 0 Å². The molecule has 1 aromatic heterocycles. The third-order valence-electron chi connectivity index (χ3n) is 4.71. The summed E-state index contributed by atoms with van der Waals surface area (Å²) in [7, 11) is 0. The van der Waals surface area contributed by atoms with Crippen molar-refractivity contribution in [1.82, 2.24) is 4.98 Å². The Hall–Kier alpha value is -1.61. The number of fused-ring (bicyclic) bond motifs is 1. The Morgan fingerprint density at radius 2 is 2.00 bits per heavy atom. The van der Waals surface area contributed by atoms with E-state index in [0.29, 0.717) is 10.7 Å². The molecule has 0 saturated heterocycles. The van der Waals surface area contributed by atoms with Crippen molar-refractivity contribution in [2.24, 2.45) is 5.41 Å². The number of carbonyl (C=O) groups is 1. The molecule has 1 N–H and O–H groups in total. The van der Waals surface area contributed by atoms with Gasteiger partial charge in [-0.25, -0.2) is 0 Å². The predicted molar refractivity (Wildman–Crippen MR) is 91.3 cm³/mol. The van der Waals surface area contributed by atoms with Gasteiger partial charge in [-0.1, -0.05) is 49.4 Å². The number of aromatic nitrogens is 1. The highest BCUT2D eigenvalue weighted by Crippen LogP contribution is 2.38. The number of nitrogens with one attached hydrogen (secondary N) is 1. The van der Waals surface area contributed by atoms with Crippen molar-refractivity contribution in [1.29, 1.82) is 0 Å². The second-order valence-electron chi connectivity index (χ2n) is 6.58. The lowest BCUT2D eigenvalue weighted by atomic mass is 9.75. The van der Waals surface area contributed by atoms with E-state index in [1.807, 2.05) is 32.0 Å². The van der Waals surface area contributed by atoms with Crippen LogP contribution in [0.2, 0.25) is 5.02 Å². The number of rotatable bonds is 2. The fourth-order valence-electron chi connectivity index (χ4n) is 3.19. The van der Waals surface area contributed by atoms with E-state index in [2.05, 4.69) is 10.3 Å². The van der Waals surface area contributed by atoms with Crippen molar-refractivity contribution in [2.45, 2.75) is 46.0 Å². The number of pyridine rings is 1. The highest BCUT2D eigenvalue weighted by atomic mass is 35.5. The average Bonchev–Trinajstić information content (AvgIpc) is 2.51. The number of amides is 1. The van der Waals surface area contributed by atoms with E-state index < -0.39 is 0 Å². The molecule has 1 heterocycles. The van der Waals surface area contributed by atoms with Gasteiger partial charge < -0.3 is 5.32 Å². The summed E-state index contributed by atoms with van der Waals surface area (Å²) in [4.78, 5) is 17.1. The van der Waals surface area contributed by atoms with Gasteiger partial charge >= 0.3 is 0 Å². The fourth-order valence-corrected chi connectivity index (χ4v) is 3.44. The van der Waals surface area contributed by atoms with Gasteiger partial charge in [0, 0.05) is 10.8 Å². The molecular formula is C18H21ClN2O. The van der Waals surface area contributed by atoms with Gasteiger partial charge in [-0.15, -0.1) is 0 Å². The Labute approximate surface area is 136 Å². The van der Waals surface area contributed by atoms with E-state index in [1.165, 1.54) is 6.42 Å². The molecule has 0 spiro atoms. The van der Waals surface area contributed by atoms with Crippen LogP contribution in [0.5, 0.6) is 0 Å². The highest BCUT2D eigenvalue weighted by molar-refractivity contribution is 6.38. The Kier molecular flexibility index (Phi) is 4.09. The van der Waals surface area contributed by atoms with E-state index in [9.17, 15) is 4.79 Å². The van der Waals surface area contributed by atoms with E-state index in [0.717, 1.165) is 42.1 Å². The van der Waals surface area contributed by atoms with Crippen LogP contribution >= 0.6 is 11.6 Å². The normalized spacial score (nSPS) is 17.4. The molecule has 1 aromatic carbocycles. The van der Waals surface area contributed by atoms with Gasteiger partial charge in [-0.2, -0.15) is 0 Å². The van der Waals surface area contributed by atoms with Crippen LogP contribution in [-0.2, 0) is 4.79 Å². The monoisotopic (exact) mass is 316 g/mol. The highest BCUT2D eigenvalue weighted by Gasteiger charge is 2.34. The first-order chi connectivity index (χ1) is 10.5. The van der Waals surface area contributed by atoms with Crippen LogP contribution < -0.4 is 5.32 Å². The summed E-state index contributed by atoms with van der Waals surface area (Å²) in [5.74, 6) is 0.0582. The molecule has 4 heteroatoms. The summed E-state index contributed by atoms with van der Waals surface area (Å²) in [6, 6.07) is 5.96. The molecule has 22 heavy (non-hydrogen) atoms. The first-order valence-electron chi connectivity index (χ1n) is 7.86. The van der Waals surface area contributed by atoms with Crippen LogP contribution in [0.3, 0.4) is 0 Å². The molecule has 0 aliphatic heterocycles. The van der Waals surface area contributed by atoms with Crippen LogP contribution in [0.25, 0.3) is 10.9 Å². The minimum atomic E-state index is -0.289. The van der Waals surface area contributed by atoms with Crippen molar-refractivity contribution in [2.75, 3.05) is 5.32 Å². The van der Waals surface area contributed by atoms with Gasteiger partial charge in [0.2, 0.25) is 5.91 Å². The smallest absolute Gasteiger partial charge is 0.230 e. The zero-order valence-corrected chi connectivity index (χ0v) is 13.8. The topological polar surface area (TPSA) is 42.0 Å². The number of hydrogen-bond acceptors (Lipinski definition) is 2. The maximum atomic E-state index is 12.6. The van der Waals surface area contributed by atoms with Crippen LogP contribution in [-0.4, -0.2) is 10.9 Å². The van der Waals surface area contributed by atoms with E-state index in [1.54, 1.807) is 6.20 Å². The maximum absolute atomic E-state index is 12.6. The van der Waals surface area contributed by atoms with Gasteiger partial charge in [-0.3, -0.25) is 9.78 Å². The molecule has 2 aromatic rings. The average molecular weight is 317 g/mol. The molecule has 0 unspecified atom stereocenters. The van der Waals surface area contributed by atoms with Gasteiger partial charge in [0.15, 0.2) is 0 Å². The summed E-state index contributed by atoms with van der Waals surface area (Å²) in [6.07, 6.45) is 7.00. The zero-order valence-electron chi connectivity index (χ0n) is 13.1. The number of nitrogens with zero attached hydrogens (tertiary/aromatic N) is 1. The summed E-state index contributed by atoms with van der Waals surface area (Å²) in [5, 5.41) is 4.45. The molecular weight excluding hydrogens is 296 g/mol. The number of benzene rings is 1. The molecule has 0 atom stereocenters. The van der Waals surface area contributed by atoms with E-state index in [-0.39, 0.29) is 11.3 Å². The standard InChI is InChI=1S/C18H21ClN2O/c1-12-6-7-14-13(10-12)16(19)15(11-20-14)21-17(22)18(2)8-4-3-5-9-18/h6-7,10-11H,3-5,8-9H2,1-2H3,(H,21,22). The minimum Gasteiger partial charge on any atom is -0.323 e. The molecule has 1 aliphatic carbocycles. The number of anilines is 1. The van der Waals surface area contributed by atoms with E-state index >= 15 is 0 Å². The number of carbonyl (C=O) groups excluding carboxylic acids is 1. The number of halogens is 1. The van der Waals surface area contributed by atoms with Crippen LogP contribution in [0.1, 0.15) is 44.6 Å². The third-order valence-corrected chi connectivity index (χ3v) is 5.12. The maximum Gasteiger partial charge on any atom is 0.230 e. The summed E-state index contributed by atoms with van der Waals surface area (Å²) in [6.45, 7) is 4.07. The predicted octanol–water partition coefficient (Wildman–Crippen LogP) is 5.11. The van der Waals surface area contributed by atoms with Crippen molar-refractivity contribution in [3.05, 3.63) is 35.0 Å². The molecule has 116 valence electrons. The third kappa shape index (κ3) is 2.82.